The number of hydrogen-bond acceptors (Lipinski definition) is 3. The van der Waals surface area contributed by atoms with Crippen molar-refractivity contribution in [3.63, 3.8) is 0 Å². The van der Waals surface area contributed by atoms with E-state index in [0.29, 0.717) is 6.42 Å². The molecule has 0 aromatic carbocycles. The zero-order valence-corrected chi connectivity index (χ0v) is 12.1. The minimum Gasteiger partial charge on any atom is -0.396 e. The molecule has 0 saturated heterocycles. The Morgan fingerprint density at radius 2 is 2.41 bits per heavy atom. The average Bonchev–Trinajstić information content (AvgIpc) is 2.72. The third-order valence-electron chi connectivity index (χ3n) is 2.31. The molecule has 5 heteroatoms. The van der Waals surface area contributed by atoms with Crippen LogP contribution in [-0.4, -0.2) is 23.7 Å². The summed E-state index contributed by atoms with van der Waals surface area (Å²) in [7, 11) is 0. The smallest absolute Gasteiger partial charge is 0.244 e. The van der Waals surface area contributed by atoms with Crippen LogP contribution in [0.4, 0.5) is 0 Å². The van der Waals surface area contributed by atoms with E-state index in [4.69, 9.17) is 5.11 Å². The summed E-state index contributed by atoms with van der Waals surface area (Å²) in [4.78, 5) is 12.6. The number of nitrogens with one attached hydrogen (secondary N) is 1. The highest BCUT2D eigenvalue weighted by Gasteiger charge is 2.07. The standard InChI is InChI=1S/C12H16BrNO2S/c1-2-9(7-8-15)14-12(16)6-4-10-3-5-11(13)17-10/h3-6,9,15H,2,7-8H2,1H3,(H,14,16)/b6-4+. The highest BCUT2D eigenvalue weighted by atomic mass is 79.9. The van der Waals surface area contributed by atoms with E-state index in [2.05, 4.69) is 21.2 Å². The molecule has 1 aromatic rings. The van der Waals surface area contributed by atoms with Crippen molar-refractivity contribution in [3.05, 3.63) is 26.9 Å². The molecular formula is C12H16BrNO2S. The fourth-order valence-corrected chi connectivity index (χ4v) is 2.69. The predicted molar refractivity (Wildman–Crippen MR) is 75.0 cm³/mol. The van der Waals surface area contributed by atoms with Gasteiger partial charge in [0.1, 0.15) is 0 Å². The molecule has 0 radical (unpaired) electrons. The fraction of sp³-hybridized carbons (Fsp3) is 0.417. The maximum atomic E-state index is 11.6. The predicted octanol–water partition coefficient (Wildman–Crippen LogP) is 2.80. The van der Waals surface area contributed by atoms with Crippen molar-refractivity contribution in [3.8, 4) is 0 Å². The van der Waals surface area contributed by atoms with Crippen molar-refractivity contribution < 1.29 is 9.90 Å². The van der Waals surface area contributed by atoms with Gasteiger partial charge in [-0.1, -0.05) is 6.92 Å². The van der Waals surface area contributed by atoms with E-state index in [9.17, 15) is 4.79 Å². The van der Waals surface area contributed by atoms with Gasteiger partial charge in [-0.2, -0.15) is 0 Å². The first kappa shape index (κ1) is 14.4. The first-order valence-electron chi connectivity index (χ1n) is 5.50. The van der Waals surface area contributed by atoms with Crippen LogP contribution in [0.5, 0.6) is 0 Å². The van der Waals surface area contributed by atoms with Crippen LogP contribution in [0.3, 0.4) is 0 Å². The Bertz CT molecular complexity index is 390. The maximum Gasteiger partial charge on any atom is 0.244 e. The lowest BCUT2D eigenvalue weighted by molar-refractivity contribution is -0.117. The SMILES string of the molecule is CCC(CCO)NC(=O)/C=C/c1ccc(Br)s1. The molecule has 0 aliphatic rings. The molecule has 1 atom stereocenters. The summed E-state index contributed by atoms with van der Waals surface area (Å²) in [5.74, 6) is -0.116. The van der Waals surface area contributed by atoms with Crippen molar-refractivity contribution in [1.29, 1.82) is 0 Å². The van der Waals surface area contributed by atoms with Crippen molar-refractivity contribution >= 4 is 39.2 Å². The number of carbonyl (C=O) groups is 1. The van der Waals surface area contributed by atoms with Gasteiger partial charge in [0.15, 0.2) is 0 Å². The molecule has 0 saturated carbocycles. The Hall–Kier alpha value is -0.650. The minimum atomic E-state index is -0.116. The van der Waals surface area contributed by atoms with Crippen LogP contribution < -0.4 is 5.32 Å². The minimum absolute atomic E-state index is 0.0484. The molecule has 0 aliphatic carbocycles. The largest absolute Gasteiger partial charge is 0.396 e. The fourth-order valence-electron chi connectivity index (χ4n) is 1.36. The number of halogens is 1. The Morgan fingerprint density at radius 3 is 2.94 bits per heavy atom. The summed E-state index contributed by atoms with van der Waals surface area (Å²) in [5.41, 5.74) is 0. The number of amides is 1. The van der Waals surface area contributed by atoms with Gasteiger partial charge in [0.25, 0.3) is 0 Å². The van der Waals surface area contributed by atoms with E-state index in [-0.39, 0.29) is 18.6 Å². The summed E-state index contributed by atoms with van der Waals surface area (Å²) in [6.07, 6.45) is 4.74. The third kappa shape index (κ3) is 5.48. The van der Waals surface area contributed by atoms with E-state index in [1.807, 2.05) is 19.1 Å². The molecule has 17 heavy (non-hydrogen) atoms. The summed E-state index contributed by atoms with van der Waals surface area (Å²) < 4.78 is 1.05. The van der Waals surface area contributed by atoms with Gasteiger partial charge >= 0.3 is 0 Å². The van der Waals surface area contributed by atoms with Crippen LogP contribution in [-0.2, 0) is 4.79 Å². The van der Waals surface area contributed by atoms with Gasteiger partial charge in [-0.15, -0.1) is 11.3 Å². The van der Waals surface area contributed by atoms with Crippen LogP contribution >= 0.6 is 27.3 Å². The lowest BCUT2D eigenvalue weighted by atomic mass is 10.1. The summed E-state index contributed by atoms with van der Waals surface area (Å²) >= 11 is 4.94. The number of rotatable bonds is 6. The van der Waals surface area contributed by atoms with Crippen molar-refractivity contribution in [2.24, 2.45) is 0 Å². The van der Waals surface area contributed by atoms with Crippen molar-refractivity contribution in [2.45, 2.75) is 25.8 Å². The van der Waals surface area contributed by atoms with E-state index in [0.717, 1.165) is 15.1 Å². The number of aliphatic hydroxyl groups is 1. The summed E-state index contributed by atoms with van der Waals surface area (Å²) in [5, 5.41) is 11.7. The highest BCUT2D eigenvalue weighted by Crippen LogP contribution is 2.22. The summed E-state index contributed by atoms with van der Waals surface area (Å²) in [6, 6.07) is 3.94. The molecule has 1 rings (SSSR count). The lowest BCUT2D eigenvalue weighted by Crippen LogP contribution is -2.33. The molecule has 1 amide bonds. The zero-order valence-electron chi connectivity index (χ0n) is 9.65. The Balaban J connectivity index is 2.45. The quantitative estimate of drug-likeness (QED) is 0.793. The second kappa shape index (κ2) is 7.63. The molecular weight excluding hydrogens is 302 g/mol. The molecule has 0 bridgehead atoms. The lowest BCUT2D eigenvalue weighted by Gasteiger charge is -2.13. The van der Waals surface area contributed by atoms with E-state index >= 15 is 0 Å². The Kier molecular flexibility index (Phi) is 6.47. The van der Waals surface area contributed by atoms with Crippen LogP contribution in [0.2, 0.25) is 0 Å². The number of thiophene rings is 1. The number of aliphatic hydroxyl groups excluding tert-OH is 1. The maximum absolute atomic E-state index is 11.6. The van der Waals surface area contributed by atoms with Crippen LogP contribution in [0.15, 0.2) is 22.0 Å². The third-order valence-corrected chi connectivity index (χ3v) is 3.90. The second-order valence-electron chi connectivity index (χ2n) is 3.60. The van der Waals surface area contributed by atoms with Gasteiger partial charge in [0.2, 0.25) is 5.91 Å². The zero-order chi connectivity index (χ0) is 12.7. The number of carbonyl (C=O) groups excluding carboxylic acids is 1. The van der Waals surface area contributed by atoms with E-state index < -0.39 is 0 Å². The molecule has 3 nitrogen and oxygen atoms in total. The van der Waals surface area contributed by atoms with E-state index in [1.54, 1.807) is 17.4 Å². The molecule has 0 spiro atoms. The van der Waals surface area contributed by atoms with E-state index in [1.165, 1.54) is 6.08 Å². The van der Waals surface area contributed by atoms with Crippen LogP contribution in [0.25, 0.3) is 6.08 Å². The van der Waals surface area contributed by atoms with Crippen molar-refractivity contribution in [1.82, 2.24) is 5.32 Å². The van der Waals surface area contributed by atoms with Crippen molar-refractivity contribution in [2.75, 3.05) is 6.61 Å². The second-order valence-corrected chi connectivity index (χ2v) is 6.10. The normalized spacial score (nSPS) is 12.9. The molecule has 0 fully saturated rings. The topological polar surface area (TPSA) is 49.3 Å². The first-order valence-corrected chi connectivity index (χ1v) is 7.11. The summed E-state index contributed by atoms with van der Waals surface area (Å²) in [6.45, 7) is 2.08. The van der Waals surface area contributed by atoms with Crippen LogP contribution in [0.1, 0.15) is 24.6 Å². The highest BCUT2D eigenvalue weighted by molar-refractivity contribution is 9.11. The van der Waals surface area contributed by atoms with Gasteiger partial charge in [-0.05, 0) is 47.0 Å². The monoisotopic (exact) mass is 317 g/mol. The molecule has 0 aliphatic heterocycles. The molecule has 1 aromatic heterocycles. The van der Waals surface area contributed by atoms with Gasteiger partial charge in [0.05, 0.1) is 3.79 Å². The molecule has 94 valence electrons. The average molecular weight is 318 g/mol. The Labute approximate surface area is 114 Å². The molecule has 1 unspecified atom stereocenters. The molecule has 2 N–H and O–H groups in total. The van der Waals surface area contributed by atoms with Gasteiger partial charge in [-0.3, -0.25) is 4.79 Å². The first-order chi connectivity index (χ1) is 8.15. The van der Waals surface area contributed by atoms with Crippen LogP contribution in [0, 0.1) is 0 Å². The molecule has 1 heterocycles. The number of hydrogen-bond donors (Lipinski definition) is 2. The van der Waals surface area contributed by atoms with Gasteiger partial charge in [0, 0.05) is 23.6 Å². The van der Waals surface area contributed by atoms with Gasteiger partial charge < -0.3 is 10.4 Å². The Morgan fingerprint density at radius 1 is 1.65 bits per heavy atom. The van der Waals surface area contributed by atoms with Gasteiger partial charge in [-0.25, -0.2) is 0 Å².